The molecule has 25 heavy (non-hydrogen) atoms. The van der Waals surface area contributed by atoms with Crippen molar-refractivity contribution in [3.63, 3.8) is 0 Å². The van der Waals surface area contributed by atoms with Crippen LogP contribution in [-0.4, -0.2) is 51.5 Å². The standard InChI is InChI=1S/C18H24N4O2S/c1-24-13-11-21-9-4-7-15(21)17-16(14-6-2-3-8-19-14)20-18(25)22(17)10-5-12-23/h2-4,6-9,16-17,23H,5,10-13H2,1H3,(H,20,25)/t16-,17-/m1/s1. The molecular formula is C18H24N4O2S. The van der Waals surface area contributed by atoms with E-state index in [0.717, 1.165) is 17.9 Å². The third-order valence-electron chi connectivity index (χ3n) is 4.46. The number of aliphatic hydroxyl groups is 1. The molecule has 0 spiro atoms. The van der Waals surface area contributed by atoms with Crippen molar-refractivity contribution in [3.05, 3.63) is 54.1 Å². The van der Waals surface area contributed by atoms with Crippen LogP contribution in [0.2, 0.25) is 0 Å². The number of nitrogens with one attached hydrogen (secondary N) is 1. The van der Waals surface area contributed by atoms with Crippen molar-refractivity contribution in [2.75, 3.05) is 26.9 Å². The Morgan fingerprint density at radius 1 is 1.28 bits per heavy atom. The lowest BCUT2D eigenvalue weighted by Crippen LogP contribution is -2.32. The van der Waals surface area contributed by atoms with Crippen LogP contribution in [0, 0.1) is 0 Å². The Balaban J connectivity index is 1.96. The smallest absolute Gasteiger partial charge is 0.170 e. The fraction of sp³-hybridized carbons (Fsp3) is 0.444. The van der Waals surface area contributed by atoms with E-state index in [2.05, 4.69) is 32.0 Å². The highest BCUT2D eigenvalue weighted by Gasteiger charge is 2.40. The summed E-state index contributed by atoms with van der Waals surface area (Å²) in [5.41, 5.74) is 2.12. The summed E-state index contributed by atoms with van der Waals surface area (Å²) in [6, 6.07) is 10.1. The van der Waals surface area contributed by atoms with E-state index in [4.69, 9.17) is 17.0 Å². The summed E-state index contributed by atoms with van der Waals surface area (Å²) in [5.74, 6) is 0. The molecule has 0 aromatic carbocycles. The van der Waals surface area contributed by atoms with E-state index in [0.29, 0.717) is 24.7 Å². The summed E-state index contributed by atoms with van der Waals surface area (Å²) in [7, 11) is 1.71. The zero-order chi connectivity index (χ0) is 17.6. The van der Waals surface area contributed by atoms with Crippen molar-refractivity contribution in [2.45, 2.75) is 25.0 Å². The monoisotopic (exact) mass is 360 g/mol. The van der Waals surface area contributed by atoms with E-state index in [-0.39, 0.29) is 18.7 Å². The highest BCUT2D eigenvalue weighted by atomic mass is 32.1. The molecule has 2 N–H and O–H groups in total. The van der Waals surface area contributed by atoms with Gasteiger partial charge in [0.2, 0.25) is 0 Å². The number of ether oxygens (including phenoxy) is 1. The molecule has 3 rings (SSSR count). The van der Waals surface area contributed by atoms with Gasteiger partial charge in [0.15, 0.2) is 5.11 Å². The van der Waals surface area contributed by atoms with Gasteiger partial charge in [-0.05, 0) is 42.9 Å². The summed E-state index contributed by atoms with van der Waals surface area (Å²) < 4.78 is 7.44. The molecule has 2 atom stereocenters. The molecule has 1 aliphatic heterocycles. The Kier molecular flexibility index (Phi) is 6.01. The van der Waals surface area contributed by atoms with E-state index in [1.807, 2.05) is 24.3 Å². The van der Waals surface area contributed by atoms with Gasteiger partial charge in [0, 0.05) is 44.9 Å². The van der Waals surface area contributed by atoms with Crippen LogP contribution >= 0.6 is 12.2 Å². The van der Waals surface area contributed by atoms with E-state index >= 15 is 0 Å². The zero-order valence-electron chi connectivity index (χ0n) is 14.3. The lowest BCUT2D eigenvalue weighted by atomic mass is 10.0. The minimum Gasteiger partial charge on any atom is -0.396 e. The summed E-state index contributed by atoms with van der Waals surface area (Å²) in [4.78, 5) is 6.69. The Bertz CT molecular complexity index is 691. The minimum absolute atomic E-state index is 0.0245. The van der Waals surface area contributed by atoms with Crippen LogP contribution in [0.4, 0.5) is 0 Å². The van der Waals surface area contributed by atoms with Crippen molar-refractivity contribution >= 4 is 17.3 Å². The van der Waals surface area contributed by atoms with Crippen LogP contribution < -0.4 is 5.32 Å². The molecular weight excluding hydrogens is 336 g/mol. The molecule has 2 aromatic rings. The Labute approximate surface area is 153 Å². The van der Waals surface area contributed by atoms with Gasteiger partial charge >= 0.3 is 0 Å². The first-order valence-electron chi connectivity index (χ1n) is 8.49. The average molecular weight is 360 g/mol. The number of aromatic nitrogens is 2. The molecule has 0 saturated carbocycles. The van der Waals surface area contributed by atoms with Gasteiger partial charge in [0.1, 0.15) is 0 Å². The number of pyridine rings is 1. The second-order valence-corrected chi connectivity index (χ2v) is 6.40. The predicted molar refractivity (Wildman–Crippen MR) is 100 cm³/mol. The summed E-state index contributed by atoms with van der Waals surface area (Å²) in [6.07, 6.45) is 4.54. The number of aliphatic hydroxyl groups excluding tert-OH is 1. The summed E-state index contributed by atoms with van der Waals surface area (Å²) >= 11 is 5.58. The highest BCUT2D eigenvalue weighted by Crippen LogP contribution is 2.38. The number of hydrogen-bond acceptors (Lipinski definition) is 4. The van der Waals surface area contributed by atoms with Crippen LogP contribution in [0.15, 0.2) is 42.7 Å². The average Bonchev–Trinajstić information content (AvgIpc) is 3.22. The molecule has 0 amide bonds. The minimum atomic E-state index is -0.0245. The van der Waals surface area contributed by atoms with Crippen molar-refractivity contribution in [1.82, 2.24) is 19.8 Å². The first-order valence-corrected chi connectivity index (χ1v) is 8.90. The van der Waals surface area contributed by atoms with Crippen LogP contribution in [0.3, 0.4) is 0 Å². The van der Waals surface area contributed by atoms with Crippen LogP contribution in [0.5, 0.6) is 0 Å². The second-order valence-electron chi connectivity index (χ2n) is 6.02. The molecule has 1 saturated heterocycles. The van der Waals surface area contributed by atoms with E-state index in [9.17, 15) is 5.11 Å². The Morgan fingerprint density at radius 2 is 2.16 bits per heavy atom. The van der Waals surface area contributed by atoms with Gasteiger partial charge in [-0.2, -0.15) is 0 Å². The molecule has 3 heterocycles. The normalized spacial score (nSPS) is 20.1. The van der Waals surface area contributed by atoms with Crippen molar-refractivity contribution < 1.29 is 9.84 Å². The quantitative estimate of drug-likeness (QED) is 0.701. The van der Waals surface area contributed by atoms with Gasteiger partial charge in [-0.15, -0.1) is 0 Å². The zero-order valence-corrected chi connectivity index (χ0v) is 15.2. The van der Waals surface area contributed by atoms with Crippen LogP contribution in [-0.2, 0) is 11.3 Å². The molecule has 134 valence electrons. The molecule has 6 nitrogen and oxygen atoms in total. The molecule has 1 fully saturated rings. The van der Waals surface area contributed by atoms with E-state index in [1.54, 1.807) is 13.3 Å². The van der Waals surface area contributed by atoms with E-state index < -0.39 is 0 Å². The fourth-order valence-corrected chi connectivity index (χ4v) is 3.63. The first kappa shape index (κ1) is 17.8. The lowest BCUT2D eigenvalue weighted by Gasteiger charge is -2.28. The van der Waals surface area contributed by atoms with Gasteiger partial charge in [-0.25, -0.2) is 0 Å². The largest absolute Gasteiger partial charge is 0.396 e. The van der Waals surface area contributed by atoms with Crippen LogP contribution in [0.25, 0.3) is 0 Å². The van der Waals surface area contributed by atoms with E-state index in [1.165, 1.54) is 0 Å². The number of thiocarbonyl (C=S) groups is 1. The topological polar surface area (TPSA) is 62.5 Å². The van der Waals surface area contributed by atoms with Gasteiger partial charge in [0.25, 0.3) is 0 Å². The van der Waals surface area contributed by atoms with Crippen LogP contribution in [0.1, 0.15) is 29.9 Å². The number of nitrogens with zero attached hydrogens (tertiary/aromatic N) is 3. The maximum atomic E-state index is 9.26. The second kappa shape index (κ2) is 8.42. The van der Waals surface area contributed by atoms with Crippen molar-refractivity contribution in [1.29, 1.82) is 0 Å². The van der Waals surface area contributed by atoms with Gasteiger partial charge < -0.3 is 24.6 Å². The molecule has 0 radical (unpaired) electrons. The highest BCUT2D eigenvalue weighted by molar-refractivity contribution is 7.80. The Hall–Kier alpha value is -1.96. The third kappa shape index (κ3) is 3.84. The summed E-state index contributed by atoms with van der Waals surface area (Å²) in [6.45, 7) is 2.28. The molecule has 0 bridgehead atoms. The maximum absolute atomic E-state index is 9.26. The number of methoxy groups -OCH3 is 1. The summed E-state index contributed by atoms with van der Waals surface area (Å²) in [5, 5.41) is 13.4. The lowest BCUT2D eigenvalue weighted by molar-refractivity contribution is 0.183. The fourth-order valence-electron chi connectivity index (χ4n) is 3.30. The van der Waals surface area contributed by atoms with Gasteiger partial charge in [-0.1, -0.05) is 6.07 Å². The van der Waals surface area contributed by atoms with Gasteiger partial charge in [0.05, 0.1) is 24.4 Å². The molecule has 0 unspecified atom stereocenters. The van der Waals surface area contributed by atoms with Gasteiger partial charge in [-0.3, -0.25) is 4.98 Å². The molecule has 7 heteroatoms. The molecule has 0 aliphatic carbocycles. The first-order chi connectivity index (χ1) is 12.3. The molecule has 1 aliphatic rings. The maximum Gasteiger partial charge on any atom is 0.170 e. The van der Waals surface area contributed by atoms with Crippen molar-refractivity contribution in [3.8, 4) is 0 Å². The molecule has 2 aromatic heterocycles. The third-order valence-corrected chi connectivity index (χ3v) is 4.81. The Morgan fingerprint density at radius 3 is 2.88 bits per heavy atom. The number of hydrogen-bond donors (Lipinski definition) is 2. The number of rotatable bonds is 8. The van der Waals surface area contributed by atoms with Crippen molar-refractivity contribution in [2.24, 2.45) is 0 Å². The predicted octanol–water partition coefficient (Wildman–Crippen LogP) is 1.88. The SMILES string of the molecule is COCCn1cccc1[C@@H]1[C@@H](c2ccccn2)NC(=S)N1CCCO.